The lowest BCUT2D eigenvalue weighted by molar-refractivity contribution is -0.156. The Kier molecular flexibility index (Phi) is 9.30. The molecule has 0 aliphatic carbocycles. The molecular weight excluding hydrogens is 382 g/mol. The average Bonchev–Trinajstić information content (AvgIpc) is 2.64. The third-order valence-corrected chi connectivity index (χ3v) is 3.72. The number of esters is 2. The lowest BCUT2D eigenvalue weighted by Crippen LogP contribution is -2.52. The number of nitrogens with one attached hydrogen (secondary N) is 2. The van der Waals surface area contributed by atoms with Crippen LogP contribution in [0, 0.1) is 5.92 Å². The summed E-state index contributed by atoms with van der Waals surface area (Å²) in [6, 6.07) is 4.44. The molecule has 10 nitrogen and oxygen atoms in total. The molecule has 0 radical (unpaired) electrons. The van der Waals surface area contributed by atoms with Gasteiger partial charge in [-0.1, -0.05) is 6.07 Å². The van der Waals surface area contributed by atoms with Gasteiger partial charge in [0, 0.05) is 18.2 Å². The first-order chi connectivity index (χ1) is 13.7. The van der Waals surface area contributed by atoms with E-state index in [1.165, 1.54) is 25.1 Å². The van der Waals surface area contributed by atoms with Crippen molar-refractivity contribution in [2.24, 2.45) is 11.7 Å². The molecule has 10 heteroatoms. The quantitative estimate of drug-likeness (QED) is 0.473. The topological polar surface area (TPSA) is 154 Å². The zero-order valence-corrected chi connectivity index (χ0v) is 16.5. The summed E-state index contributed by atoms with van der Waals surface area (Å²) in [4.78, 5) is 59.9. The van der Waals surface area contributed by atoms with E-state index in [1.807, 2.05) is 0 Å². The van der Waals surface area contributed by atoms with E-state index in [0.29, 0.717) is 5.69 Å². The molecule has 158 valence electrons. The van der Waals surface area contributed by atoms with E-state index in [0.717, 1.165) is 0 Å². The van der Waals surface area contributed by atoms with E-state index in [2.05, 4.69) is 10.6 Å². The third kappa shape index (κ3) is 7.60. The summed E-state index contributed by atoms with van der Waals surface area (Å²) in [6.07, 6.45) is -0.494. The van der Waals surface area contributed by atoms with Crippen LogP contribution in [0.5, 0.6) is 0 Å². The molecule has 1 aromatic rings. The van der Waals surface area contributed by atoms with Gasteiger partial charge in [0.2, 0.25) is 11.8 Å². The molecule has 3 amide bonds. The highest BCUT2D eigenvalue weighted by atomic mass is 16.5. The minimum Gasteiger partial charge on any atom is -0.466 e. The van der Waals surface area contributed by atoms with Crippen LogP contribution in [-0.2, 0) is 28.7 Å². The maximum absolute atomic E-state index is 12.6. The fourth-order valence-electron chi connectivity index (χ4n) is 2.52. The highest BCUT2D eigenvalue weighted by Crippen LogP contribution is 2.16. The van der Waals surface area contributed by atoms with Gasteiger partial charge in [-0.25, -0.2) is 0 Å². The molecular formula is C19H25N3O7. The van der Waals surface area contributed by atoms with Crippen molar-refractivity contribution in [1.29, 1.82) is 0 Å². The average molecular weight is 407 g/mol. The van der Waals surface area contributed by atoms with Crippen LogP contribution >= 0.6 is 0 Å². The van der Waals surface area contributed by atoms with Gasteiger partial charge in [-0.05, 0) is 32.0 Å². The van der Waals surface area contributed by atoms with Gasteiger partial charge in [-0.15, -0.1) is 0 Å². The fraction of sp³-hybridized carbons (Fsp3) is 0.421. The van der Waals surface area contributed by atoms with Crippen molar-refractivity contribution in [1.82, 2.24) is 5.32 Å². The smallest absolute Gasteiger partial charge is 0.312 e. The van der Waals surface area contributed by atoms with Crippen LogP contribution in [0.2, 0.25) is 0 Å². The number of carbonyl (C=O) groups excluding carboxylic acids is 5. The summed E-state index contributed by atoms with van der Waals surface area (Å²) in [5, 5.41) is 4.89. The molecule has 0 saturated carbocycles. The number of carbonyl (C=O) groups is 5. The maximum Gasteiger partial charge on any atom is 0.312 e. The van der Waals surface area contributed by atoms with Crippen molar-refractivity contribution in [2.75, 3.05) is 18.5 Å². The van der Waals surface area contributed by atoms with Gasteiger partial charge in [0.15, 0.2) is 0 Å². The highest BCUT2D eigenvalue weighted by molar-refractivity contribution is 6.00. The standard InChI is InChI=1S/C19H25N3O7/c1-4-28-15(24)10-14(19(27)29-5-2)16(17(20)25)22-18(26)12-7-6-8-13(9-12)21-11(3)23/h6-9,14,16H,4-5,10H2,1-3H3,(H2,20,25)(H,21,23)(H,22,26)/t14-,16+/m0/s1. The van der Waals surface area contributed by atoms with Crippen molar-refractivity contribution in [3.8, 4) is 0 Å². The van der Waals surface area contributed by atoms with E-state index < -0.39 is 42.1 Å². The molecule has 0 aliphatic rings. The Balaban J connectivity index is 3.09. The van der Waals surface area contributed by atoms with Crippen molar-refractivity contribution < 1.29 is 33.4 Å². The van der Waals surface area contributed by atoms with E-state index in [1.54, 1.807) is 19.9 Å². The zero-order valence-electron chi connectivity index (χ0n) is 16.5. The zero-order chi connectivity index (χ0) is 22.0. The largest absolute Gasteiger partial charge is 0.466 e. The first kappa shape index (κ1) is 23.6. The Bertz CT molecular complexity index is 779. The Morgan fingerprint density at radius 3 is 2.28 bits per heavy atom. The van der Waals surface area contributed by atoms with Crippen molar-refractivity contribution >= 4 is 35.3 Å². The first-order valence-electron chi connectivity index (χ1n) is 8.99. The Hall–Kier alpha value is -3.43. The summed E-state index contributed by atoms with van der Waals surface area (Å²) < 4.78 is 9.73. The normalized spacial score (nSPS) is 12.2. The fourth-order valence-corrected chi connectivity index (χ4v) is 2.52. The van der Waals surface area contributed by atoms with Crippen molar-refractivity contribution in [2.45, 2.75) is 33.2 Å². The molecule has 1 rings (SSSR count). The molecule has 2 atom stereocenters. The predicted octanol–water partition coefficient (Wildman–Crippen LogP) is 0.361. The second-order valence-electron chi connectivity index (χ2n) is 5.98. The number of hydrogen-bond acceptors (Lipinski definition) is 7. The second kappa shape index (κ2) is 11.4. The summed E-state index contributed by atoms with van der Waals surface area (Å²) in [7, 11) is 0. The molecule has 0 aromatic heterocycles. The SMILES string of the molecule is CCOC(=O)C[C@H](C(=O)OCC)[C@@H](NC(=O)c1cccc(NC(C)=O)c1)C(N)=O. The van der Waals surface area contributed by atoms with Gasteiger partial charge in [-0.3, -0.25) is 24.0 Å². The number of rotatable bonds is 10. The van der Waals surface area contributed by atoms with Gasteiger partial charge < -0.3 is 25.8 Å². The van der Waals surface area contributed by atoms with E-state index in [-0.39, 0.29) is 24.7 Å². The van der Waals surface area contributed by atoms with Gasteiger partial charge in [0.1, 0.15) is 6.04 Å². The van der Waals surface area contributed by atoms with Gasteiger partial charge in [0.25, 0.3) is 5.91 Å². The summed E-state index contributed by atoms with van der Waals surface area (Å²) >= 11 is 0. The monoisotopic (exact) mass is 407 g/mol. The molecule has 4 N–H and O–H groups in total. The lowest BCUT2D eigenvalue weighted by Gasteiger charge is -2.23. The highest BCUT2D eigenvalue weighted by Gasteiger charge is 2.37. The second-order valence-corrected chi connectivity index (χ2v) is 5.98. The van der Waals surface area contributed by atoms with Crippen LogP contribution in [-0.4, -0.2) is 48.9 Å². The summed E-state index contributed by atoms with van der Waals surface area (Å²) in [6.45, 7) is 4.56. The van der Waals surface area contributed by atoms with Gasteiger partial charge in [0.05, 0.1) is 25.6 Å². The lowest BCUT2D eigenvalue weighted by atomic mass is 9.95. The molecule has 0 unspecified atom stereocenters. The number of primary amides is 1. The Morgan fingerprint density at radius 2 is 1.72 bits per heavy atom. The third-order valence-electron chi connectivity index (χ3n) is 3.72. The first-order valence-corrected chi connectivity index (χ1v) is 8.99. The molecule has 0 saturated heterocycles. The van der Waals surface area contributed by atoms with Crippen LogP contribution < -0.4 is 16.4 Å². The number of anilines is 1. The van der Waals surface area contributed by atoms with E-state index >= 15 is 0 Å². The molecule has 0 fully saturated rings. The molecule has 0 spiro atoms. The molecule has 29 heavy (non-hydrogen) atoms. The molecule has 0 bridgehead atoms. The minimum atomic E-state index is -1.50. The van der Waals surface area contributed by atoms with E-state index in [9.17, 15) is 24.0 Å². The summed E-state index contributed by atoms with van der Waals surface area (Å²) in [5.74, 6) is -5.02. The number of amides is 3. The van der Waals surface area contributed by atoms with Crippen LogP contribution in [0.3, 0.4) is 0 Å². The minimum absolute atomic E-state index is 0.0103. The molecule has 0 heterocycles. The van der Waals surface area contributed by atoms with Gasteiger partial charge in [-0.2, -0.15) is 0 Å². The van der Waals surface area contributed by atoms with E-state index in [4.69, 9.17) is 15.2 Å². The van der Waals surface area contributed by atoms with Crippen LogP contribution in [0.25, 0.3) is 0 Å². The maximum atomic E-state index is 12.6. The Morgan fingerprint density at radius 1 is 1.07 bits per heavy atom. The number of nitrogens with two attached hydrogens (primary N) is 1. The number of benzene rings is 1. The number of ether oxygens (including phenoxy) is 2. The van der Waals surface area contributed by atoms with Crippen LogP contribution in [0.15, 0.2) is 24.3 Å². The van der Waals surface area contributed by atoms with Crippen molar-refractivity contribution in [3.05, 3.63) is 29.8 Å². The van der Waals surface area contributed by atoms with Crippen LogP contribution in [0.4, 0.5) is 5.69 Å². The molecule has 0 aliphatic heterocycles. The van der Waals surface area contributed by atoms with Crippen molar-refractivity contribution in [3.63, 3.8) is 0 Å². The Labute approximate surface area is 168 Å². The van der Waals surface area contributed by atoms with Crippen LogP contribution in [0.1, 0.15) is 37.6 Å². The number of hydrogen-bond donors (Lipinski definition) is 3. The van der Waals surface area contributed by atoms with Gasteiger partial charge >= 0.3 is 11.9 Å². The predicted molar refractivity (Wildman–Crippen MR) is 103 cm³/mol. The summed E-state index contributed by atoms with van der Waals surface area (Å²) in [5.41, 5.74) is 5.85. The molecule has 1 aromatic carbocycles.